The third-order valence-electron chi connectivity index (χ3n) is 5.03. The van der Waals surface area contributed by atoms with E-state index in [4.69, 9.17) is 9.47 Å². The van der Waals surface area contributed by atoms with Gasteiger partial charge in [-0.25, -0.2) is 0 Å². The summed E-state index contributed by atoms with van der Waals surface area (Å²) >= 11 is 2.21. The largest absolute Gasteiger partial charge is 0.493 e. The van der Waals surface area contributed by atoms with E-state index in [0.29, 0.717) is 18.0 Å². The molecule has 0 heterocycles. The Balaban J connectivity index is 1.66. The van der Waals surface area contributed by atoms with Gasteiger partial charge in [0.05, 0.1) is 10.7 Å². The van der Waals surface area contributed by atoms with Gasteiger partial charge in [-0.3, -0.25) is 4.79 Å². The Morgan fingerprint density at radius 2 is 1.81 bits per heavy atom. The summed E-state index contributed by atoms with van der Waals surface area (Å²) in [4.78, 5) is 12.3. The second-order valence-corrected chi connectivity index (χ2v) is 8.58. The fourth-order valence-corrected chi connectivity index (χ4v) is 4.03. The summed E-state index contributed by atoms with van der Waals surface area (Å²) in [6, 6.07) is 17.9. The third-order valence-corrected chi connectivity index (χ3v) is 5.83. The minimum atomic E-state index is -0.218. The van der Waals surface area contributed by atoms with Crippen LogP contribution in [0.3, 0.4) is 0 Å². The van der Waals surface area contributed by atoms with E-state index in [1.54, 1.807) is 7.11 Å². The maximum Gasteiger partial charge on any atom is 0.262 e. The average molecular weight is 530 g/mol. The highest BCUT2D eigenvalue weighted by Crippen LogP contribution is 2.34. The smallest absolute Gasteiger partial charge is 0.262 e. The minimum absolute atomic E-state index is 0.0968. The summed E-state index contributed by atoms with van der Waals surface area (Å²) in [6.45, 7) is 6.76. The van der Waals surface area contributed by atoms with Gasteiger partial charge in [-0.15, -0.1) is 0 Å². The van der Waals surface area contributed by atoms with E-state index in [9.17, 15) is 4.79 Å². The molecular weight excluding hydrogens is 503 g/mol. The first-order valence-electron chi connectivity index (χ1n) is 10.0. The van der Waals surface area contributed by atoms with Crippen molar-refractivity contribution in [3.8, 4) is 11.5 Å². The molecule has 1 amide bonds. The van der Waals surface area contributed by atoms with Crippen molar-refractivity contribution in [1.29, 1.82) is 0 Å². The molecule has 0 spiro atoms. The highest BCUT2D eigenvalue weighted by molar-refractivity contribution is 14.1. The Kier molecular flexibility index (Phi) is 7.79. The molecule has 0 saturated heterocycles. The fourth-order valence-electron chi connectivity index (χ4n) is 3.21. The molecule has 31 heavy (non-hydrogen) atoms. The maximum absolute atomic E-state index is 12.3. The number of nitrogens with one attached hydrogen (secondary N) is 2. The molecule has 0 unspecified atom stereocenters. The van der Waals surface area contributed by atoms with E-state index < -0.39 is 0 Å². The Bertz CT molecular complexity index is 1080. The molecular formula is C25H27IN2O3. The van der Waals surface area contributed by atoms with Gasteiger partial charge in [0.2, 0.25) is 0 Å². The molecule has 5 nitrogen and oxygen atoms in total. The van der Waals surface area contributed by atoms with Crippen LogP contribution in [0.5, 0.6) is 11.5 Å². The van der Waals surface area contributed by atoms with Gasteiger partial charge < -0.3 is 20.1 Å². The Morgan fingerprint density at radius 1 is 1.03 bits per heavy atom. The van der Waals surface area contributed by atoms with Gasteiger partial charge in [-0.2, -0.15) is 0 Å². The number of halogens is 1. The number of hydrogen-bond acceptors (Lipinski definition) is 4. The van der Waals surface area contributed by atoms with E-state index in [-0.39, 0.29) is 12.5 Å². The van der Waals surface area contributed by atoms with Crippen LogP contribution in [-0.2, 0) is 11.3 Å². The lowest BCUT2D eigenvalue weighted by Gasteiger charge is -2.16. The van der Waals surface area contributed by atoms with Crippen LogP contribution < -0.4 is 20.1 Å². The van der Waals surface area contributed by atoms with Gasteiger partial charge in [-0.1, -0.05) is 24.3 Å². The summed E-state index contributed by atoms with van der Waals surface area (Å²) < 4.78 is 12.2. The molecule has 0 aliphatic rings. The Labute approximate surface area is 197 Å². The van der Waals surface area contributed by atoms with Crippen molar-refractivity contribution in [2.24, 2.45) is 0 Å². The summed E-state index contributed by atoms with van der Waals surface area (Å²) in [6.07, 6.45) is 0. The molecule has 6 heteroatoms. The molecule has 0 aliphatic carbocycles. The van der Waals surface area contributed by atoms with Crippen molar-refractivity contribution in [3.05, 3.63) is 80.4 Å². The quantitative estimate of drug-likeness (QED) is 0.359. The Hall–Kier alpha value is -2.74. The van der Waals surface area contributed by atoms with Crippen molar-refractivity contribution in [3.63, 3.8) is 0 Å². The number of carbonyl (C=O) groups is 1. The zero-order chi connectivity index (χ0) is 22.4. The summed E-state index contributed by atoms with van der Waals surface area (Å²) in [5.41, 5.74) is 6.51. The van der Waals surface area contributed by atoms with Gasteiger partial charge >= 0.3 is 0 Å². The molecule has 3 aromatic carbocycles. The second-order valence-electron chi connectivity index (χ2n) is 7.42. The summed E-state index contributed by atoms with van der Waals surface area (Å²) in [5, 5.41) is 6.34. The van der Waals surface area contributed by atoms with Crippen LogP contribution in [0, 0.1) is 24.3 Å². The highest BCUT2D eigenvalue weighted by atomic mass is 127. The lowest BCUT2D eigenvalue weighted by molar-refractivity contribution is -0.118. The molecule has 0 fully saturated rings. The number of ether oxygens (including phenoxy) is 2. The number of hydrogen-bond donors (Lipinski definition) is 2. The van der Waals surface area contributed by atoms with Crippen LogP contribution in [0.2, 0.25) is 0 Å². The minimum Gasteiger partial charge on any atom is -0.493 e. The molecule has 3 aromatic rings. The number of amides is 1. The van der Waals surface area contributed by atoms with Crippen LogP contribution in [-0.4, -0.2) is 19.6 Å². The zero-order valence-electron chi connectivity index (χ0n) is 18.2. The van der Waals surface area contributed by atoms with Crippen molar-refractivity contribution < 1.29 is 14.3 Å². The number of rotatable bonds is 8. The third kappa shape index (κ3) is 6.13. The van der Waals surface area contributed by atoms with E-state index in [0.717, 1.165) is 26.1 Å². The number of methoxy groups -OCH3 is 1. The standard InChI is InChI=1S/C25H27IN2O3/c1-16-7-5-9-20(11-16)28-24(29)15-31-25-21(26)12-19(13-23(25)30-4)14-27-22-10-6-8-17(2)18(22)3/h5-13,27H,14-15H2,1-4H3,(H,28,29). The van der Waals surface area contributed by atoms with E-state index in [2.05, 4.69) is 59.2 Å². The average Bonchev–Trinajstić information content (AvgIpc) is 2.73. The molecule has 0 saturated carbocycles. The number of aryl methyl sites for hydroxylation is 2. The fraction of sp³-hybridized carbons (Fsp3) is 0.240. The first kappa shape index (κ1) is 22.9. The molecule has 0 atom stereocenters. The van der Waals surface area contributed by atoms with Crippen molar-refractivity contribution in [1.82, 2.24) is 0 Å². The predicted molar refractivity (Wildman–Crippen MR) is 134 cm³/mol. The van der Waals surface area contributed by atoms with E-state index in [1.165, 1.54) is 11.1 Å². The van der Waals surface area contributed by atoms with Gasteiger partial charge in [0.1, 0.15) is 0 Å². The van der Waals surface area contributed by atoms with Crippen LogP contribution in [0.25, 0.3) is 0 Å². The first-order chi connectivity index (χ1) is 14.9. The molecule has 162 valence electrons. The SMILES string of the molecule is COc1cc(CNc2cccc(C)c2C)cc(I)c1OCC(=O)Nc1cccc(C)c1. The first-order valence-corrected chi connectivity index (χ1v) is 11.1. The monoisotopic (exact) mass is 530 g/mol. The van der Waals surface area contributed by atoms with Gasteiger partial charge in [0, 0.05) is 17.9 Å². The van der Waals surface area contributed by atoms with Crippen LogP contribution in [0.4, 0.5) is 11.4 Å². The molecule has 0 aromatic heterocycles. The normalized spacial score (nSPS) is 10.5. The topological polar surface area (TPSA) is 59.6 Å². The predicted octanol–water partition coefficient (Wildman–Crippen LogP) is 5.85. The molecule has 0 radical (unpaired) electrons. The van der Waals surface area contributed by atoms with Crippen molar-refractivity contribution in [2.75, 3.05) is 24.4 Å². The molecule has 2 N–H and O–H groups in total. The van der Waals surface area contributed by atoms with E-state index >= 15 is 0 Å². The molecule has 0 aliphatic heterocycles. The van der Waals surface area contributed by atoms with Gasteiger partial charge in [-0.05, 0) is 95.9 Å². The van der Waals surface area contributed by atoms with Crippen LogP contribution in [0.1, 0.15) is 22.3 Å². The molecule has 0 bridgehead atoms. The zero-order valence-corrected chi connectivity index (χ0v) is 20.4. The van der Waals surface area contributed by atoms with Crippen molar-refractivity contribution in [2.45, 2.75) is 27.3 Å². The van der Waals surface area contributed by atoms with E-state index in [1.807, 2.05) is 49.4 Å². The summed E-state index contributed by atoms with van der Waals surface area (Å²) in [7, 11) is 1.60. The number of anilines is 2. The van der Waals surface area contributed by atoms with Gasteiger partial charge in [0.25, 0.3) is 5.91 Å². The van der Waals surface area contributed by atoms with Crippen LogP contribution in [0.15, 0.2) is 54.6 Å². The number of benzene rings is 3. The lowest BCUT2D eigenvalue weighted by Crippen LogP contribution is -2.20. The second kappa shape index (κ2) is 10.5. The summed E-state index contributed by atoms with van der Waals surface area (Å²) in [5.74, 6) is 0.954. The highest BCUT2D eigenvalue weighted by Gasteiger charge is 2.14. The Morgan fingerprint density at radius 3 is 2.55 bits per heavy atom. The van der Waals surface area contributed by atoms with Crippen LogP contribution >= 0.6 is 22.6 Å². The van der Waals surface area contributed by atoms with Crippen molar-refractivity contribution >= 4 is 39.9 Å². The molecule has 3 rings (SSSR count). The van der Waals surface area contributed by atoms with Gasteiger partial charge in [0.15, 0.2) is 18.1 Å². The lowest BCUT2D eigenvalue weighted by atomic mass is 10.1. The maximum atomic E-state index is 12.3. The number of carbonyl (C=O) groups excluding carboxylic acids is 1.